The minimum atomic E-state index is -2.97. The lowest BCUT2D eigenvalue weighted by Crippen LogP contribution is -2.34. The molecule has 2 rings (SSSR count). The van der Waals surface area contributed by atoms with Crippen LogP contribution in [0.15, 0.2) is 41.1 Å². The second-order valence-corrected chi connectivity index (χ2v) is 5.90. The van der Waals surface area contributed by atoms with Gasteiger partial charge in [-0.1, -0.05) is 12.1 Å². The van der Waals surface area contributed by atoms with Crippen LogP contribution < -0.4 is 10.1 Å². The van der Waals surface area contributed by atoms with Crippen molar-refractivity contribution in [3.8, 4) is 5.75 Å². The number of likely N-dealkylation sites (N-methyl/N-ethyl adjacent to an activating group) is 1. The summed E-state index contributed by atoms with van der Waals surface area (Å²) < 4.78 is 29.2. The van der Waals surface area contributed by atoms with E-state index in [1.807, 2.05) is 35.8 Å². The normalized spacial score (nSPS) is 12.4. The maximum absolute atomic E-state index is 12.4. The van der Waals surface area contributed by atoms with Gasteiger partial charge in [0.1, 0.15) is 5.75 Å². The van der Waals surface area contributed by atoms with Gasteiger partial charge in [0.05, 0.1) is 11.6 Å². The second-order valence-electron chi connectivity index (χ2n) is 5.12. The van der Waals surface area contributed by atoms with E-state index >= 15 is 0 Å². The molecule has 4 nitrogen and oxygen atoms in total. The van der Waals surface area contributed by atoms with Crippen molar-refractivity contribution in [3.05, 3.63) is 52.2 Å². The van der Waals surface area contributed by atoms with Crippen molar-refractivity contribution in [1.29, 1.82) is 0 Å². The van der Waals surface area contributed by atoms with Gasteiger partial charge in [0.15, 0.2) is 0 Å². The molecule has 0 aliphatic rings. The van der Waals surface area contributed by atoms with Gasteiger partial charge in [-0.15, -0.1) is 0 Å². The molecule has 23 heavy (non-hydrogen) atoms. The van der Waals surface area contributed by atoms with Crippen molar-refractivity contribution in [2.24, 2.45) is 0 Å². The van der Waals surface area contributed by atoms with Crippen LogP contribution in [0.4, 0.5) is 8.78 Å². The average molecular weight is 340 g/mol. The molecule has 2 aromatic rings. The van der Waals surface area contributed by atoms with Gasteiger partial charge in [-0.05, 0) is 48.6 Å². The van der Waals surface area contributed by atoms with Crippen LogP contribution in [-0.4, -0.2) is 38.1 Å². The zero-order chi connectivity index (χ0) is 16.8. The number of amides is 1. The van der Waals surface area contributed by atoms with Crippen LogP contribution in [0.1, 0.15) is 22.0 Å². The molecule has 0 radical (unpaired) electrons. The van der Waals surface area contributed by atoms with Crippen LogP contribution in [0.25, 0.3) is 0 Å². The molecule has 7 heteroatoms. The van der Waals surface area contributed by atoms with Crippen molar-refractivity contribution >= 4 is 17.2 Å². The number of halogens is 2. The van der Waals surface area contributed by atoms with Crippen LogP contribution in [0, 0.1) is 0 Å². The molecule has 0 bridgehead atoms. The lowest BCUT2D eigenvalue weighted by Gasteiger charge is -2.24. The molecule has 0 aliphatic heterocycles. The smallest absolute Gasteiger partial charge is 0.387 e. The van der Waals surface area contributed by atoms with Gasteiger partial charge in [-0.25, -0.2) is 0 Å². The molecule has 0 saturated carbocycles. The monoisotopic (exact) mass is 340 g/mol. The molecule has 1 atom stereocenters. The van der Waals surface area contributed by atoms with Crippen molar-refractivity contribution < 1.29 is 18.3 Å². The maximum Gasteiger partial charge on any atom is 0.387 e. The van der Waals surface area contributed by atoms with Gasteiger partial charge in [0.25, 0.3) is 5.91 Å². The fourth-order valence-corrected chi connectivity index (χ4v) is 2.91. The van der Waals surface area contributed by atoms with E-state index in [1.54, 1.807) is 23.5 Å². The fourth-order valence-electron chi connectivity index (χ4n) is 2.20. The zero-order valence-electron chi connectivity index (χ0n) is 12.8. The number of hydrogen-bond acceptors (Lipinski definition) is 4. The number of nitrogens with one attached hydrogen (secondary N) is 1. The Morgan fingerprint density at radius 1 is 1.30 bits per heavy atom. The number of alkyl halides is 2. The Balaban J connectivity index is 2.07. The highest BCUT2D eigenvalue weighted by Crippen LogP contribution is 2.22. The van der Waals surface area contributed by atoms with Crippen LogP contribution in [-0.2, 0) is 0 Å². The van der Waals surface area contributed by atoms with E-state index in [2.05, 4.69) is 10.1 Å². The highest BCUT2D eigenvalue weighted by molar-refractivity contribution is 7.07. The zero-order valence-corrected chi connectivity index (χ0v) is 13.6. The van der Waals surface area contributed by atoms with E-state index in [-0.39, 0.29) is 17.4 Å². The summed E-state index contributed by atoms with van der Waals surface area (Å²) >= 11 is 1.58. The third-order valence-electron chi connectivity index (χ3n) is 3.36. The van der Waals surface area contributed by atoms with Gasteiger partial charge in [-0.2, -0.15) is 20.1 Å². The highest BCUT2D eigenvalue weighted by Gasteiger charge is 2.19. The van der Waals surface area contributed by atoms with E-state index in [0.29, 0.717) is 6.54 Å². The van der Waals surface area contributed by atoms with Gasteiger partial charge in [-0.3, -0.25) is 4.79 Å². The first kappa shape index (κ1) is 17.4. The molecule has 0 aliphatic carbocycles. The fraction of sp³-hybridized carbons (Fsp3) is 0.312. The van der Waals surface area contributed by atoms with E-state index in [1.165, 1.54) is 12.1 Å². The van der Waals surface area contributed by atoms with E-state index in [4.69, 9.17) is 0 Å². The number of thiophene rings is 1. The van der Waals surface area contributed by atoms with Crippen molar-refractivity contribution in [2.75, 3.05) is 20.6 Å². The first-order valence-corrected chi connectivity index (χ1v) is 7.94. The molecule has 124 valence electrons. The maximum atomic E-state index is 12.4. The Hall–Kier alpha value is -1.99. The quantitative estimate of drug-likeness (QED) is 0.840. The third kappa shape index (κ3) is 4.74. The first-order chi connectivity index (χ1) is 11.0. The average Bonchev–Trinajstić information content (AvgIpc) is 3.01. The summed E-state index contributed by atoms with van der Waals surface area (Å²) in [6, 6.07) is 7.97. The molecular weight excluding hydrogens is 322 g/mol. The summed E-state index contributed by atoms with van der Waals surface area (Å²) in [6.07, 6.45) is 0. The molecule has 1 aromatic carbocycles. The molecule has 0 spiro atoms. The summed E-state index contributed by atoms with van der Waals surface area (Å²) in [6.45, 7) is -2.60. The first-order valence-electron chi connectivity index (χ1n) is 6.99. The van der Waals surface area contributed by atoms with Crippen LogP contribution in [0.2, 0.25) is 0 Å². The third-order valence-corrected chi connectivity index (χ3v) is 4.06. The van der Waals surface area contributed by atoms with Gasteiger partial charge in [0.2, 0.25) is 0 Å². The molecule has 1 heterocycles. The van der Waals surface area contributed by atoms with E-state index < -0.39 is 12.5 Å². The lowest BCUT2D eigenvalue weighted by atomic mass is 10.1. The SMILES string of the molecule is CN(C)[C@H](CNC(=O)c1ccccc1OC(F)F)c1ccsc1. The predicted octanol–water partition coefficient (Wildman–Crippen LogP) is 3.38. The topological polar surface area (TPSA) is 41.6 Å². The number of para-hydroxylation sites is 1. The highest BCUT2D eigenvalue weighted by atomic mass is 32.1. The van der Waals surface area contributed by atoms with Crippen LogP contribution in [0.5, 0.6) is 5.75 Å². The largest absolute Gasteiger partial charge is 0.434 e. The van der Waals surface area contributed by atoms with Crippen LogP contribution >= 0.6 is 11.3 Å². The van der Waals surface area contributed by atoms with Crippen molar-refractivity contribution in [3.63, 3.8) is 0 Å². The molecule has 0 saturated heterocycles. The van der Waals surface area contributed by atoms with Crippen LogP contribution in [0.3, 0.4) is 0 Å². The predicted molar refractivity (Wildman–Crippen MR) is 86.2 cm³/mol. The van der Waals surface area contributed by atoms with Crippen molar-refractivity contribution in [1.82, 2.24) is 10.2 Å². The number of benzene rings is 1. The summed E-state index contributed by atoms with van der Waals surface area (Å²) in [7, 11) is 3.84. The van der Waals surface area contributed by atoms with Crippen molar-refractivity contribution in [2.45, 2.75) is 12.7 Å². The van der Waals surface area contributed by atoms with Gasteiger partial charge < -0.3 is 15.0 Å². The Labute approximate surface area is 137 Å². The van der Waals surface area contributed by atoms with E-state index in [0.717, 1.165) is 5.56 Å². The molecule has 1 amide bonds. The minimum absolute atomic E-state index is 0.00776. The number of nitrogens with zero attached hydrogens (tertiary/aromatic N) is 1. The Morgan fingerprint density at radius 2 is 2.04 bits per heavy atom. The molecule has 1 aromatic heterocycles. The summed E-state index contributed by atoms with van der Waals surface area (Å²) in [5.74, 6) is -0.569. The molecule has 0 unspecified atom stereocenters. The Kier molecular flexibility index (Phi) is 6.06. The standard InChI is InChI=1S/C16H18F2N2O2S/c1-20(2)13(11-7-8-23-10-11)9-19-15(21)12-5-3-4-6-14(12)22-16(17)18/h3-8,10,13,16H,9H2,1-2H3,(H,19,21)/t13-/m1/s1. The number of hydrogen-bond donors (Lipinski definition) is 1. The second kappa shape index (κ2) is 8.03. The molecular formula is C16H18F2N2O2S. The molecule has 1 N–H and O–H groups in total. The summed E-state index contributed by atoms with van der Waals surface area (Å²) in [4.78, 5) is 14.3. The summed E-state index contributed by atoms with van der Waals surface area (Å²) in [5.41, 5.74) is 1.19. The Morgan fingerprint density at radius 3 is 2.65 bits per heavy atom. The molecule has 0 fully saturated rings. The number of carbonyl (C=O) groups is 1. The number of carbonyl (C=O) groups excluding carboxylic acids is 1. The lowest BCUT2D eigenvalue weighted by molar-refractivity contribution is -0.0501. The Bertz CT molecular complexity index is 633. The number of ether oxygens (including phenoxy) is 1. The van der Waals surface area contributed by atoms with Gasteiger partial charge in [0, 0.05) is 6.54 Å². The van der Waals surface area contributed by atoms with E-state index in [9.17, 15) is 13.6 Å². The minimum Gasteiger partial charge on any atom is -0.434 e. The van der Waals surface area contributed by atoms with Gasteiger partial charge >= 0.3 is 6.61 Å². The summed E-state index contributed by atoms with van der Waals surface area (Å²) in [5, 5.41) is 6.77. The number of rotatable bonds is 7.